The number of nitrogens with two attached hydrogens (primary N) is 1. The molecule has 4 amide bonds. The van der Waals surface area contributed by atoms with Gasteiger partial charge in [-0.1, -0.05) is 37.3 Å². The van der Waals surface area contributed by atoms with Crippen LogP contribution in [0, 0.1) is 5.92 Å². The number of rotatable bonds is 11. The lowest BCUT2D eigenvalue weighted by molar-refractivity contribution is -0.145. The summed E-state index contributed by atoms with van der Waals surface area (Å²) < 4.78 is 3.26. The molecule has 3 fully saturated rings. The number of ketones is 1. The number of aromatic nitrogens is 5. The molecule has 5 heterocycles. The Morgan fingerprint density at radius 1 is 1.12 bits per heavy atom. The largest absolute Gasteiger partial charge is 0.384 e. The van der Waals surface area contributed by atoms with Crippen molar-refractivity contribution in [3.63, 3.8) is 0 Å². The zero-order valence-corrected chi connectivity index (χ0v) is 29.2. The molecule has 15 nitrogen and oxygen atoms in total. The monoisotopic (exact) mass is 707 g/mol. The summed E-state index contributed by atoms with van der Waals surface area (Å²) in [5.41, 5.74) is 4.09. The zero-order valence-electron chi connectivity index (χ0n) is 28.4. The lowest BCUT2D eigenvalue weighted by Crippen LogP contribution is -2.63. The van der Waals surface area contributed by atoms with Crippen LogP contribution in [0.25, 0.3) is 5.65 Å². The Bertz CT molecular complexity index is 1750. The highest BCUT2D eigenvalue weighted by Crippen LogP contribution is 2.35. The van der Waals surface area contributed by atoms with Crippen molar-refractivity contribution in [2.24, 2.45) is 11.7 Å². The van der Waals surface area contributed by atoms with E-state index in [4.69, 9.17) is 5.73 Å². The number of imidazole rings is 1. The normalized spacial score (nSPS) is 21.9. The minimum absolute atomic E-state index is 0.0357. The molecule has 50 heavy (non-hydrogen) atoms. The van der Waals surface area contributed by atoms with Gasteiger partial charge in [0.1, 0.15) is 28.9 Å². The minimum Gasteiger partial charge on any atom is -0.384 e. The molecule has 268 valence electrons. The molecular weight excluding hydrogens is 662 g/mol. The fourth-order valence-electron chi connectivity index (χ4n) is 7.59. The molecule has 3 aromatic rings. The van der Waals surface area contributed by atoms with E-state index in [2.05, 4.69) is 25.9 Å². The van der Waals surface area contributed by atoms with Crippen molar-refractivity contribution in [2.45, 2.75) is 101 Å². The first-order valence-electron chi connectivity index (χ1n) is 17.3. The van der Waals surface area contributed by atoms with Crippen LogP contribution >= 0.6 is 11.8 Å². The smallest absolute Gasteiger partial charge is 0.287 e. The van der Waals surface area contributed by atoms with E-state index in [9.17, 15) is 29.1 Å². The van der Waals surface area contributed by atoms with Gasteiger partial charge in [-0.3, -0.25) is 24.0 Å². The number of aliphatic hydroxyl groups is 1. The Morgan fingerprint density at radius 2 is 1.86 bits per heavy atom. The number of fused-ring (bicyclic) bond motifs is 1. The number of carbonyl (C=O) groups excluding carboxylic acids is 5. The first-order chi connectivity index (χ1) is 23.9. The summed E-state index contributed by atoms with van der Waals surface area (Å²) in [4.78, 5) is 73.8. The third-order valence-electron chi connectivity index (χ3n) is 10.3. The highest BCUT2D eigenvalue weighted by molar-refractivity contribution is 7.99. The van der Waals surface area contributed by atoms with Crippen molar-refractivity contribution in [1.29, 1.82) is 0 Å². The fourth-order valence-corrected chi connectivity index (χ4v) is 8.78. The molecule has 2 aliphatic heterocycles. The molecule has 16 heteroatoms. The second kappa shape index (κ2) is 14.5. The van der Waals surface area contributed by atoms with Gasteiger partial charge < -0.3 is 30.8 Å². The number of carbonyl (C=O) groups is 5. The van der Waals surface area contributed by atoms with E-state index in [1.165, 1.54) is 15.8 Å². The molecule has 0 aromatic carbocycles. The molecule has 1 unspecified atom stereocenters. The summed E-state index contributed by atoms with van der Waals surface area (Å²) in [5.74, 6) is -2.17. The number of primary amides is 1. The summed E-state index contributed by atoms with van der Waals surface area (Å²) >= 11 is 1.61. The lowest BCUT2D eigenvalue weighted by Gasteiger charge is -2.37. The van der Waals surface area contributed by atoms with Crippen LogP contribution in [0.2, 0.25) is 0 Å². The van der Waals surface area contributed by atoms with Crippen LogP contribution in [0.4, 0.5) is 0 Å². The van der Waals surface area contributed by atoms with E-state index in [1.54, 1.807) is 60.7 Å². The number of amides is 4. The van der Waals surface area contributed by atoms with Crippen LogP contribution in [-0.4, -0.2) is 99.5 Å². The predicted octanol–water partition coefficient (Wildman–Crippen LogP) is 1.50. The number of pyridine rings is 1. The quantitative estimate of drug-likeness (QED) is 0.211. The average molecular weight is 708 g/mol. The number of hydrogen-bond acceptors (Lipinski definition) is 10. The van der Waals surface area contributed by atoms with Gasteiger partial charge in [0.05, 0.1) is 23.5 Å². The topological polar surface area (TPSA) is 207 Å². The highest BCUT2D eigenvalue weighted by Gasteiger charge is 2.49. The number of hydrogen-bond donors (Lipinski definition) is 4. The highest BCUT2D eigenvalue weighted by atomic mass is 32.2. The Hall–Kier alpha value is -4.31. The van der Waals surface area contributed by atoms with Crippen LogP contribution in [0.15, 0.2) is 36.9 Å². The van der Waals surface area contributed by atoms with E-state index in [0.717, 1.165) is 32.1 Å². The number of Topliss-reactive ketones (excluding diaryl/α,β-unsaturated/α-hetero) is 1. The molecule has 3 aliphatic rings. The van der Waals surface area contributed by atoms with Crippen molar-refractivity contribution in [3.05, 3.63) is 48.2 Å². The maximum absolute atomic E-state index is 14.8. The van der Waals surface area contributed by atoms with Gasteiger partial charge in [-0.25, -0.2) is 9.67 Å². The van der Waals surface area contributed by atoms with Crippen molar-refractivity contribution in [2.75, 3.05) is 18.1 Å². The molecule has 3 aromatic heterocycles. The van der Waals surface area contributed by atoms with Crippen molar-refractivity contribution in [1.82, 2.24) is 39.9 Å². The number of thioether (sulfide) groups is 1. The molecule has 2 saturated heterocycles. The average Bonchev–Trinajstić information content (AvgIpc) is 3.87. The molecule has 3 atom stereocenters. The van der Waals surface area contributed by atoms with Gasteiger partial charge in [-0.2, -0.15) is 11.8 Å². The van der Waals surface area contributed by atoms with Crippen molar-refractivity contribution >= 4 is 46.8 Å². The van der Waals surface area contributed by atoms with Crippen LogP contribution in [-0.2, 0) is 24.8 Å². The van der Waals surface area contributed by atoms with Gasteiger partial charge >= 0.3 is 0 Å². The maximum atomic E-state index is 14.8. The van der Waals surface area contributed by atoms with Gasteiger partial charge in [-0.05, 0) is 62.7 Å². The standard InChI is InChI=1S/C34H45N9O6S/c1-33(2,49)26-18-37-40-43(26)23-17-25(31(47)39-34(28(44)29(35)45)10-14-50-15-11-34)42(20-23)32(48)24(16-21-6-4-3-5-7-21)38-30(46)22-8-9-27-36-12-13-41(27)19-22/h8-9,12-13,18-19,21,23-25,49H,3-7,10-11,14-17,20H2,1-2H3,(H2,35,45)(H,38,46)(H,39,47)/t23-,24?,25-/m0/s1. The summed E-state index contributed by atoms with van der Waals surface area (Å²) in [6.07, 6.45) is 12.5. The summed E-state index contributed by atoms with van der Waals surface area (Å²) in [6.45, 7) is 3.23. The van der Waals surface area contributed by atoms with E-state index >= 15 is 0 Å². The molecule has 5 N–H and O–H groups in total. The van der Waals surface area contributed by atoms with Crippen LogP contribution in [0.5, 0.6) is 0 Å². The maximum Gasteiger partial charge on any atom is 0.287 e. The predicted molar refractivity (Wildman–Crippen MR) is 184 cm³/mol. The summed E-state index contributed by atoms with van der Waals surface area (Å²) in [6, 6.07) is 0.797. The Balaban J connectivity index is 1.33. The molecular formula is C34H45N9O6S. The van der Waals surface area contributed by atoms with Gasteiger partial charge in [-0.15, -0.1) is 5.10 Å². The first kappa shape index (κ1) is 35.5. The van der Waals surface area contributed by atoms with Crippen LogP contribution < -0.4 is 16.4 Å². The van der Waals surface area contributed by atoms with Crippen molar-refractivity contribution < 1.29 is 29.1 Å². The Morgan fingerprint density at radius 3 is 2.56 bits per heavy atom. The molecule has 1 aliphatic carbocycles. The fraction of sp³-hybridized carbons (Fsp3) is 0.588. The Labute approximate surface area is 294 Å². The van der Waals surface area contributed by atoms with E-state index < -0.39 is 58.7 Å². The molecule has 1 saturated carbocycles. The Kier molecular flexibility index (Phi) is 10.3. The van der Waals surface area contributed by atoms with E-state index in [-0.39, 0.29) is 31.7 Å². The zero-order chi connectivity index (χ0) is 35.6. The summed E-state index contributed by atoms with van der Waals surface area (Å²) in [7, 11) is 0. The first-order valence-corrected chi connectivity index (χ1v) is 18.4. The van der Waals surface area contributed by atoms with E-state index in [1.807, 2.05) is 0 Å². The van der Waals surface area contributed by atoms with Gasteiger partial charge in [0, 0.05) is 31.6 Å². The van der Waals surface area contributed by atoms with Crippen LogP contribution in [0.1, 0.15) is 93.7 Å². The SMILES string of the molecule is CC(C)(O)c1cnnn1[C@H]1C[C@@H](C(=O)NC2(C(=O)C(N)=O)CCSCC2)N(C(=O)C(CC2CCCCC2)NC(=O)c2ccc3nccn3c2)C1. The number of nitrogens with one attached hydrogen (secondary N) is 2. The minimum atomic E-state index is -1.48. The molecule has 6 rings (SSSR count). The molecule has 0 bridgehead atoms. The van der Waals surface area contributed by atoms with Crippen molar-refractivity contribution in [3.8, 4) is 0 Å². The van der Waals surface area contributed by atoms with Crippen LogP contribution in [0.3, 0.4) is 0 Å². The van der Waals surface area contributed by atoms with Gasteiger partial charge in [0.15, 0.2) is 0 Å². The second-order valence-corrected chi connectivity index (χ2v) is 15.5. The summed E-state index contributed by atoms with van der Waals surface area (Å²) in [5, 5.41) is 25.0. The third kappa shape index (κ3) is 7.41. The third-order valence-corrected chi connectivity index (χ3v) is 11.3. The number of nitrogens with zero attached hydrogens (tertiary/aromatic N) is 6. The molecule has 0 spiro atoms. The van der Waals surface area contributed by atoms with E-state index in [0.29, 0.717) is 34.8 Å². The molecule has 0 radical (unpaired) electrons. The number of likely N-dealkylation sites (tertiary alicyclic amines) is 1. The lowest BCUT2D eigenvalue weighted by atomic mass is 9.84. The van der Waals surface area contributed by atoms with Gasteiger partial charge in [0.25, 0.3) is 11.8 Å². The second-order valence-electron chi connectivity index (χ2n) is 14.3. The van der Waals surface area contributed by atoms with Gasteiger partial charge in [0.2, 0.25) is 17.6 Å².